The van der Waals surface area contributed by atoms with Crippen LogP contribution in [0.2, 0.25) is 0 Å². The van der Waals surface area contributed by atoms with Gasteiger partial charge in [0.1, 0.15) is 5.69 Å². The van der Waals surface area contributed by atoms with Crippen molar-refractivity contribution in [3.8, 4) is 0 Å². The van der Waals surface area contributed by atoms with E-state index in [0.29, 0.717) is 24.4 Å². The van der Waals surface area contributed by atoms with Gasteiger partial charge in [0.2, 0.25) is 11.8 Å². The number of benzene rings is 1. The van der Waals surface area contributed by atoms with Crippen molar-refractivity contribution in [1.29, 1.82) is 0 Å². The predicted molar refractivity (Wildman–Crippen MR) is 82.3 cm³/mol. The van der Waals surface area contributed by atoms with Crippen molar-refractivity contribution in [3.63, 3.8) is 0 Å². The minimum Gasteiger partial charge on any atom is -0.359 e. The lowest BCUT2D eigenvalue weighted by Crippen LogP contribution is -2.38. The highest BCUT2D eigenvalue weighted by atomic mass is 16.5. The van der Waals surface area contributed by atoms with Crippen LogP contribution in [-0.2, 0) is 16.0 Å². The Kier molecular flexibility index (Phi) is 5.30. The first kappa shape index (κ1) is 15.8. The maximum Gasteiger partial charge on any atom is 0.244 e. The van der Waals surface area contributed by atoms with Crippen LogP contribution in [0, 0.1) is 6.92 Å². The van der Waals surface area contributed by atoms with E-state index in [0.717, 1.165) is 5.56 Å². The van der Waals surface area contributed by atoms with Crippen molar-refractivity contribution in [2.45, 2.75) is 20.3 Å². The summed E-state index contributed by atoms with van der Waals surface area (Å²) in [6.45, 7) is 3.67. The molecule has 0 saturated heterocycles. The number of carbonyl (C=O) groups excluding carboxylic acids is 2. The monoisotopic (exact) mass is 301 g/mol. The van der Waals surface area contributed by atoms with E-state index in [2.05, 4.69) is 10.5 Å². The Morgan fingerprint density at radius 2 is 2.00 bits per heavy atom. The lowest BCUT2D eigenvalue weighted by molar-refractivity contribution is -0.132. The average molecular weight is 301 g/mol. The minimum absolute atomic E-state index is 0.00673. The summed E-state index contributed by atoms with van der Waals surface area (Å²) in [5.74, 6) is 0.134. The summed E-state index contributed by atoms with van der Waals surface area (Å²) in [6.07, 6.45) is 2.15. The van der Waals surface area contributed by atoms with E-state index in [1.165, 1.54) is 18.0 Å². The molecule has 1 heterocycles. The molecule has 0 unspecified atom stereocenters. The Hall–Kier alpha value is -2.63. The summed E-state index contributed by atoms with van der Waals surface area (Å²) in [5.41, 5.74) is 1.65. The zero-order valence-electron chi connectivity index (χ0n) is 12.7. The SMILES string of the molecule is CC(=O)N(CCc1ccccc1)CC(=O)Nc1cnoc1C. The highest BCUT2D eigenvalue weighted by molar-refractivity contribution is 5.94. The number of rotatable bonds is 6. The highest BCUT2D eigenvalue weighted by Crippen LogP contribution is 2.12. The third kappa shape index (κ3) is 4.44. The number of carbonyl (C=O) groups is 2. The van der Waals surface area contributed by atoms with Gasteiger partial charge in [-0.3, -0.25) is 9.59 Å². The molecule has 0 aliphatic rings. The van der Waals surface area contributed by atoms with Crippen LogP contribution >= 0.6 is 0 Å². The summed E-state index contributed by atoms with van der Waals surface area (Å²) < 4.78 is 4.88. The Labute approximate surface area is 129 Å². The Morgan fingerprint density at radius 1 is 1.27 bits per heavy atom. The molecule has 0 bridgehead atoms. The molecule has 1 N–H and O–H groups in total. The third-order valence-electron chi connectivity index (χ3n) is 3.32. The van der Waals surface area contributed by atoms with Crippen LogP contribution in [0.1, 0.15) is 18.2 Å². The van der Waals surface area contributed by atoms with Gasteiger partial charge in [-0.15, -0.1) is 0 Å². The van der Waals surface area contributed by atoms with E-state index in [-0.39, 0.29) is 18.4 Å². The predicted octanol–water partition coefficient (Wildman–Crippen LogP) is 2.01. The Bertz CT molecular complexity index is 637. The van der Waals surface area contributed by atoms with Crippen molar-refractivity contribution >= 4 is 17.5 Å². The lowest BCUT2D eigenvalue weighted by atomic mass is 10.1. The molecule has 0 radical (unpaired) electrons. The van der Waals surface area contributed by atoms with Crippen LogP contribution in [0.15, 0.2) is 41.1 Å². The van der Waals surface area contributed by atoms with E-state index >= 15 is 0 Å². The molecule has 1 aromatic heterocycles. The molecule has 6 nitrogen and oxygen atoms in total. The Morgan fingerprint density at radius 3 is 2.59 bits per heavy atom. The van der Waals surface area contributed by atoms with Gasteiger partial charge in [-0.05, 0) is 18.9 Å². The number of hydrogen-bond donors (Lipinski definition) is 1. The maximum absolute atomic E-state index is 12.0. The van der Waals surface area contributed by atoms with E-state index in [4.69, 9.17) is 4.52 Å². The number of anilines is 1. The first-order valence-corrected chi connectivity index (χ1v) is 7.07. The molecular formula is C16H19N3O3. The van der Waals surface area contributed by atoms with Gasteiger partial charge in [0.25, 0.3) is 0 Å². The van der Waals surface area contributed by atoms with Crippen molar-refractivity contribution in [1.82, 2.24) is 10.1 Å². The second kappa shape index (κ2) is 7.40. The average Bonchev–Trinajstić information content (AvgIpc) is 2.89. The van der Waals surface area contributed by atoms with Crippen molar-refractivity contribution in [3.05, 3.63) is 47.9 Å². The summed E-state index contributed by atoms with van der Waals surface area (Å²) in [4.78, 5) is 25.2. The smallest absolute Gasteiger partial charge is 0.244 e. The summed E-state index contributed by atoms with van der Waals surface area (Å²) in [6, 6.07) is 9.85. The fourth-order valence-corrected chi connectivity index (χ4v) is 2.04. The molecule has 0 spiro atoms. The standard InChI is InChI=1S/C16H19N3O3/c1-12-15(10-17-22-12)18-16(21)11-19(13(2)20)9-8-14-6-4-3-5-7-14/h3-7,10H,8-9,11H2,1-2H3,(H,18,21). The van der Waals surface area contributed by atoms with E-state index in [1.54, 1.807) is 6.92 Å². The fraction of sp³-hybridized carbons (Fsp3) is 0.312. The zero-order valence-corrected chi connectivity index (χ0v) is 12.7. The maximum atomic E-state index is 12.0. The summed E-state index contributed by atoms with van der Waals surface area (Å²) in [7, 11) is 0. The zero-order chi connectivity index (χ0) is 15.9. The molecule has 1 aromatic carbocycles. The summed E-state index contributed by atoms with van der Waals surface area (Å²) >= 11 is 0. The van der Waals surface area contributed by atoms with E-state index < -0.39 is 0 Å². The lowest BCUT2D eigenvalue weighted by Gasteiger charge is -2.20. The van der Waals surface area contributed by atoms with Gasteiger partial charge in [0, 0.05) is 13.5 Å². The quantitative estimate of drug-likeness (QED) is 0.885. The van der Waals surface area contributed by atoms with Gasteiger partial charge in [0.05, 0.1) is 12.7 Å². The number of nitrogens with zero attached hydrogens (tertiary/aromatic N) is 2. The molecule has 0 atom stereocenters. The molecule has 22 heavy (non-hydrogen) atoms. The van der Waals surface area contributed by atoms with Gasteiger partial charge in [-0.2, -0.15) is 0 Å². The highest BCUT2D eigenvalue weighted by Gasteiger charge is 2.15. The number of hydrogen-bond acceptors (Lipinski definition) is 4. The molecule has 0 fully saturated rings. The molecule has 6 heteroatoms. The van der Waals surface area contributed by atoms with Gasteiger partial charge in [0.15, 0.2) is 5.76 Å². The van der Waals surface area contributed by atoms with Crippen LogP contribution in [0.25, 0.3) is 0 Å². The van der Waals surface area contributed by atoms with Crippen molar-refractivity contribution in [2.24, 2.45) is 0 Å². The molecule has 2 aromatic rings. The topological polar surface area (TPSA) is 75.4 Å². The number of aryl methyl sites for hydroxylation is 1. The first-order valence-electron chi connectivity index (χ1n) is 7.07. The molecule has 2 amide bonds. The molecular weight excluding hydrogens is 282 g/mol. The van der Waals surface area contributed by atoms with Crippen molar-refractivity contribution < 1.29 is 14.1 Å². The molecule has 0 saturated carbocycles. The van der Waals surface area contributed by atoms with Crippen LogP contribution in [0.5, 0.6) is 0 Å². The van der Waals surface area contributed by atoms with Crippen LogP contribution in [0.4, 0.5) is 5.69 Å². The molecule has 0 aliphatic carbocycles. The van der Waals surface area contributed by atoms with E-state index in [9.17, 15) is 9.59 Å². The van der Waals surface area contributed by atoms with Crippen LogP contribution < -0.4 is 5.32 Å². The van der Waals surface area contributed by atoms with Gasteiger partial charge in [-0.25, -0.2) is 0 Å². The van der Waals surface area contributed by atoms with Gasteiger partial charge in [-0.1, -0.05) is 35.5 Å². The number of amides is 2. The third-order valence-corrected chi connectivity index (χ3v) is 3.32. The first-order chi connectivity index (χ1) is 10.6. The summed E-state index contributed by atoms with van der Waals surface area (Å²) in [5, 5.41) is 6.28. The minimum atomic E-state index is -0.269. The van der Waals surface area contributed by atoms with Gasteiger partial charge < -0.3 is 14.7 Å². The van der Waals surface area contributed by atoms with Gasteiger partial charge >= 0.3 is 0 Å². The largest absolute Gasteiger partial charge is 0.359 e. The Balaban J connectivity index is 1.90. The van der Waals surface area contributed by atoms with E-state index in [1.807, 2.05) is 30.3 Å². The fourth-order valence-electron chi connectivity index (χ4n) is 2.04. The second-order valence-electron chi connectivity index (χ2n) is 5.02. The molecule has 116 valence electrons. The normalized spacial score (nSPS) is 10.3. The second-order valence-corrected chi connectivity index (χ2v) is 5.02. The van der Waals surface area contributed by atoms with Crippen LogP contribution in [0.3, 0.4) is 0 Å². The number of aromatic nitrogens is 1. The molecule has 0 aliphatic heterocycles. The van der Waals surface area contributed by atoms with Crippen LogP contribution in [-0.4, -0.2) is 35.0 Å². The molecule has 2 rings (SSSR count). The number of nitrogens with one attached hydrogen (secondary N) is 1. The van der Waals surface area contributed by atoms with Crippen molar-refractivity contribution in [2.75, 3.05) is 18.4 Å².